The Bertz CT molecular complexity index is 894. The number of benzene rings is 2. The number of ether oxygens (including phenoxy) is 2. The van der Waals surface area contributed by atoms with Crippen molar-refractivity contribution in [1.82, 2.24) is 0 Å². The van der Waals surface area contributed by atoms with Crippen molar-refractivity contribution in [3.8, 4) is 5.75 Å². The summed E-state index contributed by atoms with van der Waals surface area (Å²) in [6, 6.07) is 14.8. The minimum absolute atomic E-state index is 0.304. The minimum atomic E-state index is -3.51. The summed E-state index contributed by atoms with van der Waals surface area (Å²) in [7, 11) is -3.51. The van der Waals surface area contributed by atoms with Gasteiger partial charge in [0.15, 0.2) is 6.10 Å². The van der Waals surface area contributed by atoms with Crippen LogP contribution in [0.4, 0.5) is 5.69 Å². The third kappa shape index (κ3) is 8.42. The van der Waals surface area contributed by atoms with Gasteiger partial charge in [0, 0.05) is 25.3 Å². The highest BCUT2D eigenvalue weighted by molar-refractivity contribution is 7.86. The molecule has 1 N–H and O–H groups in total. The van der Waals surface area contributed by atoms with Crippen LogP contribution in [0.5, 0.6) is 5.75 Å². The molecule has 1 unspecified atom stereocenters. The summed E-state index contributed by atoms with van der Waals surface area (Å²) in [5, 5.41) is 3.34. The Hall–Kier alpha value is -2.58. The van der Waals surface area contributed by atoms with Crippen molar-refractivity contribution < 1.29 is 26.9 Å². The van der Waals surface area contributed by atoms with Crippen molar-refractivity contribution in [2.75, 3.05) is 31.3 Å². The molecule has 0 radical (unpaired) electrons. The summed E-state index contributed by atoms with van der Waals surface area (Å²) in [5.41, 5.74) is 3.03. The molecular weight excluding hydrogens is 406 g/mol. The summed E-state index contributed by atoms with van der Waals surface area (Å²) < 4.78 is 37.7. The molecule has 0 saturated carbocycles. The third-order valence-corrected chi connectivity index (χ3v) is 4.70. The molecule has 0 aliphatic heterocycles. The molecule has 0 heterocycles. The zero-order chi connectivity index (χ0) is 22.0. The molecule has 30 heavy (non-hydrogen) atoms. The van der Waals surface area contributed by atoms with Crippen LogP contribution in [0.2, 0.25) is 0 Å². The van der Waals surface area contributed by atoms with E-state index < -0.39 is 16.2 Å². The molecule has 2 rings (SSSR count). The largest absolute Gasteiger partial charge is 0.464 e. The lowest BCUT2D eigenvalue weighted by atomic mass is 10.1. The van der Waals surface area contributed by atoms with E-state index in [0.717, 1.165) is 36.0 Å². The number of carbonyl (C=O) groups is 1. The van der Waals surface area contributed by atoms with Gasteiger partial charge in [0.25, 0.3) is 0 Å². The van der Waals surface area contributed by atoms with Crippen LogP contribution in [-0.4, -0.2) is 46.5 Å². The fraction of sp³-hybridized carbons (Fsp3) is 0.409. The number of rotatable bonds is 12. The molecule has 0 aliphatic rings. The van der Waals surface area contributed by atoms with Crippen LogP contribution in [0, 0.1) is 0 Å². The quantitative estimate of drug-likeness (QED) is 0.404. The normalized spacial score (nSPS) is 12.2. The van der Waals surface area contributed by atoms with E-state index in [0.29, 0.717) is 25.4 Å². The Morgan fingerprint density at radius 1 is 0.967 bits per heavy atom. The van der Waals surface area contributed by atoms with E-state index in [1.165, 1.54) is 0 Å². The molecule has 0 saturated heterocycles. The Balaban J connectivity index is 1.83. The second-order valence-electron chi connectivity index (χ2n) is 6.71. The van der Waals surface area contributed by atoms with Gasteiger partial charge in [0.05, 0.1) is 12.9 Å². The molecule has 0 aliphatic carbocycles. The van der Waals surface area contributed by atoms with E-state index in [-0.39, 0.29) is 5.97 Å². The van der Waals surface area contributed by atoms with Crippen LogP contribution in [-0.2, 0) is 37.2 Å². The fourth-order valence-electron chi connectivity index (χ4n) is 2.86. The highest BCUT2D eigenvalue weighted by atomic mass is 32.2. The lowest BCUT2D eigenvalue weighted by molar-refractivity contribution is -0.156. The molecule has 1 atom stereocenters. The van der Waals surface area contributed by atoms with Gasteiger partial charge in [-0.05, 0) is 55.7 Å². The van der Waals surface area contributed by atoms with E-state index >= 15 is 0 Å². The molecule has 0 amide bonds. The van der Waals surface area contributed by atoms with Gasteiger partial charge >= 0.3 is 16.1 Å². The molecule has 7 nitrogen and oxygen atoms in total. The van der Waals surface area contributed by atoms with Crippen molar-refractivity contribution in [3.63, 3.8) is 0 Å². The topological polar surface area (TPSA) is 90.9 Å². The molecule has 2 aromatic carbocycles. The lowest BCUT2D eigenvalue weighted by Crippen LogP contribution is -2.28. The van der Waals surface area contributed by atoms with Crippen LogP contribution in [0.15, 0.2) is 48.5 Å². The molecule has 0 bridgehead atoms. The SMILES string of the molecule is CCOC(=O)C(Cc1ccc(NCCc2ccc(OS(C)(=O)=O)cc2)cc1)OCC. The van der Waals surface area contributed by atoms with Gasteiger partial charge in [-0.2, -0.15) is 8.42 Å². The zero-order valence-electron chi connectivity index (χ0n) is 17.6. The van der Waals surface area contributed by atoms with Crippen LogP contribution in [0.3, 0.4) is 0 Å². The van der Waals surface area contributed by atoms with Gasteiger partial charge in [0.1, 0.15) is 5.75 Å². The Kier molecular flexibility index (Phi) is 9.14. The number of hydrogen-bond acceptors (Lipinski definition) is 7. The van der Waals surface area contributed by atoms with Gasteiger partial charge in [0.2, 0.25) is 0 Å². The van der Waals surface area contributed by atoms with E-state index in [2.05, 4.69) is 5.32 Å². The van der Waals surface area contributed by atoms with Crippen LogP contribution < -0.4 is 9.50 Å². The maximum absolute atomic E-state index is 12.0. The number of hydrogen-bond donors (Lipinski definition) is 1. The maximum Gasteiger partial charge on any atom is 0.335 e. The summed E-state index contributed by atoms with van der Waals surface area (Å²) >= 11 is 0. The summed E-state index contributed by atoms with van der Waals surface area (Å²) in [5.74, 6) is -0.0347. The number of nitrogens with one attached hydrogen (secondary N) is 1. The first-order valence-electron chi connectivity index (χ1n) is 9.90. The van der Waals surface area contributed by atoms with E-state index in [9.17, 15) is 13.2 Å². The average Bonchev–Trinajstić information content (AvgIpc) is 2.69. The lowest BCUT2D eigenvalue weighted by Gasteiger charge is -2.16. The Labute approximate surface area is 178 Å². The second kappa shape index (κ2) is 11.6. The van der Waals surface area contributed by atoms with Crippen molar-refractivity contribution >= 4 is 21.8 Å². The first kappa shape index (κ1) is 23.7. The zero-order valence-corrected chi connectivity index (χ0v) is 18.4. The van der Waals surface area contributed by atoms with E-state index in [4.69, 9.17) is 13.7 Å². The van der Waals surface area contributed by atoms with E-state index in [1.54, 1.807) is 19.1 Å². The van der Waals surface area contributed by atoms with Crippen molar-refractivity contribution in [1.29, 1.82) is 0 Å². The summed E-state index contributed by atoms with van der Waals surface area (Å²) in [6.07, 6.45) is 1.66. The number of esters is 1. The van der Waals surface area contributed by atoms with Gasteiger partial charge in [-0.15, -0.1) is 0 Å². The monoisotopic (exact) mass is 435 g/mol. The standard InChI is InChI=1S/C22H29NO6S/c1-4-27-21(22(24)28-5-2)16-18-6-10-19(11-7-18)23-15-14-17-8-12-20(13-9-17)29-30(3,25)26/h6-13,21,23H,4-5,14-16H2,1-3H3. The van der Waals surface area contributed by atoms with Crippen LogP contribution in [0.1, 0.15) is 25.0 Å². The molecule has 2 aromatic rings. The fourth-order valence-corrected chi connectivity index (χ4v) is 3.32. The first-order valence-corrected chi connectivity index (χ1v) is 11.7. The van der Waals surface area contributed by atoms with Gasteiger partial charge in [-0.3, -0.25) is 0 Å². The van der Waals surface area contributed by atoms with Gasteiger partial charge < -0.3 is 19.0 Å². The highest BCUT2D eigenvalue weighted by Gasteiger charge is 2.20. The first-order chi connectivity index (χ1) is 14.3. The van der Waals surface area contributed by atoms with Gasteiger partial charge in [-0.25, -0.2) is 4.79 Å². The van der Waals surface area contributed by atoms with Crippen LogP contribution >= 0.6 is 0 Å². The molecule has 8 heteroatoms. The highest BCUT2D eigenvalue weighted by Crippen LogP contribution is 2.16. The number of carbonyl (C=O) groups excluding carboxylic acids is 1. The van der Waals surface area contributed by atoms with E-state index in [1.807, 2.05) is 43.3 Å². The summed E-state index contributed by atoms with van der Waals surface area (Å²) in [4.78, 5) is 12.0. The Morgan fingerprint density at radius 3 is 2.17 bits per heavy atom. The predicted octanol–water partition coefficient (Wildman–Crippen LogP) is 3.19. The molecule has 164 valence electrons. The second-order valence-corrected chi connectivity index (χ2v) is 8.28. The van der Waals surface area contributed by atoms with Crippen molar-refractivity contribution in [3.05, 3.63) is 59.7 Å². The molecule has 0 aromatic heterocycles. The Morgan fingerprint density at radius 2 is 1.60 bits per heavy atom. The third-order valence-electron chi connectivity index (χ3n) is 4.21. The van der Waals surface area contributed by atoms with Gasteiger partial charge in [-0.1, -0.05) is 24.3 Å². The molecule has 0 spiro atoms. The van der Waals surface area contributed by atoms with Crippen LogP contribution in [0.25, 0.3) is 0 Å². The number of anilines is 1. The van der Waals surface area contributed by atoms with Crippen molar-refractivity contribution in [2.45, 2.75) is 32.8 Å². The minimum Gasteiger partial charge on any atom is -0.464 e. The summed E-state index contributed by atoms with van der Waals surface area (Å²) in [6.45, 7) is 5.13. The maximum atomic E-state index is 12.0. The predicted molar refractivity (Wildman–Crippen MR) is 116 cm³/mol. The molecular formula is C22H29NO6S. The smallest absolute Gasteiger partial charge is 0.335 e. The average molecular weight is 436 g/mol. The van der Waals surface area contributed by atoms with Crippen molar-refractivity contribution in [2.24, 2.45) is 0 Å². The molecule has 0 fully saturated rings.